The Morgan fingerprint density at radius 1 is 1.07 bits per heavy atom. The molecule has 12 heteroatoms. The first-order valence-electron chi connectivity index (χ1n) is 14.4. The molecular formula is C31H36Cl2FN5O4. The van der Waals surface area contributed by atoms with Crippen molar-refractivity contribution >= 4 is 51.7 Å². The van der Waals surface area contributed by atoms with Crippen molar-refractivity contribution in [3.8, 4) is 0 Å². The van der Waals surface area contributed by atoms with Gasteiger partial charge in [0.1, 0.15) is 11.4 Å². The molecule has 1 saturated heterocycles. The summed E-state index contributed by atoms with van der Waals surface area (Å²) in [4.78, 5) is 46.8. The number of aromatic amines is 1. The lowest BCUT2D eigenvalue weighted by Crippen LogP contribution is -2.49. The Labute approximate surface area is 259 Å². The second kappa shape index (κ2) is 12.3. The van der Waals surface area contributed by atoms with Crippen LogP contribution in [0, 0.1) is 5.82 Å². The topological polar surface area (TPSA) is 98.0 Å². The fourth-order valence-corrected chi connectivity index (χ4v) is 6.43. The van der Waals surface area contributed by atoms with Crippen molar-refractivity contribution in [2.45, 2.75) is 52.3 Å². The molecule has 9 nitrogen and oxygen atoms in total. The molecule has 2 N–H and O–H groups in total. The van der Waals surface area contributed by atoms with E-state index in [1.165, 1.54) is 6.07 Å². The fraction of sp³-hybridized carbons (Fsp3) is 0.452. The number of benzene rings is 2. The van der Waals surface area contributed by atoms with Gasteiger partial charge in [0.15, 0.2) is 0 Å². The van der Waals surface area contributed by atoms with E-state index >= 15 is 4.39 Å². The number of rotatable bonds is 5. The number of carbonyl (C=O) groups is 2. The summed E-state index contributed by atoms with van der Waals surface area (Å²) in [5.41, 5.74) is 1.77. The average Bonchev–Trinajstić information content (AvgIpc) is 2.91. The number of nitrogens with zero attached hydrogens (tertiary/aromatic N) is 3. The van der Waals surface area contributed by atoms with Crippen molar-refractivity contribution in [2.24, 2.45) is 0 Å². The number of H-pyrrole nitrogens is 1. The van der Waals surface area contributed by atoms with E-state index in [9.17, 15) is 14.4 Å². The van der Waals surface area contributed by atoms with Gasteiger partial charge in [0.25, 0.3) is 5.56 Å². The number of hydrogen-bond donors (Lipinski definition) is 2. The number of ether oxygens (including phenoxy) is 1. The van der Waals surface area contributed by atoms with Crippen LogP contribution >= 0.6 is 23.2 Å². The van der Waals surface area contributed by atoms with Crippen LogP contribution in [0.25, 0.3) is 10.8 Å². The van der Waals surface area contributed by atoms with E-state index in [4.69, 9.17) is 27.9 Å². The zero-order valence-corrected chi connectivity index (χ0v) is 26.2. The molecule has 0 bridgehead atoms. The fourth-order valence-electron chi connectivity index (χ4n) is 5.74. The second-order valence-electron chi connectivity index (χ2n) is 12.1. The Bertz CT molecular complexity index is 1610. The number of hydrogen-bond acceptors (Lipinski definition) is 6. The van der Waals surface area contributed by atoms with Gasteiger partial charge in [-0.15, -0.1) is 0 Å². The molecule has 0 saturated carbocycles. The smallest absolute Gasteiger partial charge is 0.410 e. The minimum atomic E-state index is -0.619. The summed E-state index contributed by atoms with van der Waals surface area (Å²) in [5, 5.41) is 4.80. The van der Waals surface area contributed by atoms with Crippen LogP contribution in [0.3, 0.4) is 0 Å². The first-order valence-corrected chi connectivity index (χ1v) is 15.1. The Kier molecular flexibility index (Phi) is 8.92. The van der Waals surface area contributed by atoms with Crippen LogP contribution in [0.1, 0.15) is 50.6 Å². The molecule has 3 aromatic rings. The van der Waals surface area contributed by atoms with Crippen LogP contribution < -0.4 is 10.9 Å². The number of aromatic nitrogens is 1. The zero-order chi connectivity index (χ0) is 31.1. The maximum absolute atomic E-state index is 15.0. The molecule has 2 aliphatic heterocycles. The summed E-state index contributed by atoms with van der Waals surface area (Å²) in [6, 6.07) is 7.87. The van der Waals surface area contributed by atoms with E-state index in [0.29, 0.717) is 66.8 Å². The number of fused-ring (bicyclic) bond motifs is 2. The number of nitrogens with one attached hydrogen (secondary N) is 2. The highest BCUT2D eigenvalue weighted by Gasteiger charge is 2.30. The van der Waals surface area contributed by atoms with E-state index in [2.05, 4.69) is 15.2 Å². The van der Waals surface area contributed by atoms with E-state index in [1.54, 1.807) is 21.9 Å². The summed E-state index contributed by atoms with van der Waals surface area (Å²) in [6.45, 7) is 10.5. The third-order valence-electron chi connectivity index (χ3n) is 7.84. The molecule has 5 rings (SSSR count). The first-order chi connectivity index (χ1) is 20.3. The summed E-state index contributed by atoms with van der Waals surface area (Å²) >= 11 is 12.6. The van der Waals surface area contributed by atoms with Crippen molar-refractivity contribution in [2.75, 3.05) is 44.6 Å². The summed E-state index contributed by atoms with van der Waals surface area (Å²) in [5.74, 6) is -0.813. The summed E-state index contributed by atoms with van der Waals surface area (Å²) < 4.78 is 20.5. The lowest BCUT2D eigenvalue weighted by Gasteiger charge is -2.36. The van der Waals surface area contributed by atoms with Crippen LogP contribution in [0.2, 0.25) is 10.0 Å². The largest absolute Gasteiger partial charge is 0.444 e. The minimum absolute atomic E-state index is 0.120. The normalized spacial score (nSPS) is 17.6. The Morgan fingerprint density at radius 3 is 2.49 bits per heavy atom. The van der Waals surface area contributed by atoms with E-state index in [1.807, 2.05) is 39.8 Å². The molecule has 3 heterocycles. The van der Waals surface area contributed by atoms with Gasteiger partial charge in [-0.05, 0) is 81.0 Å². The molecule has 2 aliphatic rings. The SMILES string of the molecule is CC1c2c(Cl)cc(Cl)cc2CCN1C(=O)CNc1cc2cc(CN3CCN(C(=O)OC(C)(C)C)CC3)[nH]c(=O)c2cc1F. The van der Waals surface area contributed by atoms with Crippen LogP contribution in [0.5, 0.6) is 0 Å². The third kappa shape index (κ3) is 7.08. The van der Waals surface area contributed by atoms with Crippen molar-refractivity contribution in [3.05, 3.63) is 73.4 Å². The minimum Gasteiger partial charge on any atom is -0.444 e. The van der Waals surface area contributed by atoms with Crippen molar-refractivity contribution < 1.29 is 18.7 Å². The van der Waals surface area contributed by atoms with Crippen LogP contribution in [-0.4, -0.2) is 76.6 Å². The van der Waals surface area contributed by atoms with Gasteiger partial charge in [-0.2, -0.15) is 0 Å². The zero-order valence-electron chi connectivity index (χ0n) is 24.7. The number of pyridine rings is 1. The molecule has 0 spiro atoms. The van der Waals surface area contributed by atoms with Gasteiger partial charge in [-0.1, -0.05) is 23.2 Å². The van der Waals surface area contributed by atoms with Gasteiger partial charge in [0.05, 0.1) is 23.7 Å². The number of carbonyl (C=O) groups excluding carboxylic acids is 2. The summed E-state index contributed by atoms with van der Waals surface area (Å²) in [7, 11) is 0. The van der Waals surface area contributed by atoms with Crippen LogP contribution in [0.15, 0.2) is 35.1 Å². The van der Waals surface area contributed by atoms with Crippen molar-refractivity contribution in [1.82, 2.24) is 19.7 Å². The van der Waals surface area contributed by atoms with Crippen molar-refractivity contribution in [1.29, 1.82) is 0 Å². The van der Waals surface area contributed by atoms with Gasteiger partial charge in [-0.3, -0.25) is 14.5 Å². The van der Waals surface area contributed by atoms with E-state index < -0.39 is 11.4 Å². The Hall–Kier alpha value is -3.34. The molecule has 0 radical (unpaired) electrons. The molecule has 0 aliphatic carbocycles. The lowest BCUT2D eigenvalue weighted by atomic mass is 9.93. The number of amides is 2. The van der Waals surface area contributed by atoms with E-state index in [0.717, 1.165) is 11.1 Å². The number of halogens is 3. The predicted molar refractivity (Wildman–Crippen MR) is 166 cm³/mol. The first kappa shape index (κ1) is 31.1. The van der Waals surface area contributed by atoms with Crippen LogP contribution in [0.4, 0.5) is 14.9 Å². The highest BCUT2D eigenvalue weighted by Crippen LogP contribution is 2.37. The van der Waals surface area contributed by atoms with E-state index in [-0.39, 0.29) is 41.2 Å². The maximum Gasteiger partial charge on any atom is 0.410 e. The Morgan fingerprint density at radius 2 is 1.79 bits per heavy atom. The monoisotopic (exact) mass is 631 g/mol. The van der Waals surface area contributed by atoms with Gasteiger partial charge >= 0.3 is 6.09 Å². The molecule has 1 aromatic heterocycles. The molecule has 2 aromatic carbocycles. The van der Waals surface area contributed by atoms with Gasteiger partial charge in [0.2, 0.25) is 5.91 Å². The standard InChI is InChI=1S/C31H36Cl2FN5O4/c1-18-28-19(11-21(32)14-24(28)33)5-6-39(18)27(40)16-35-26-13-20-12-22(36-29(41)23(20)15-25(26)34)17-37-7-9-38(10-8-37)30(42)43-31(2,3)4/h11-15,18,35H,5-10,16-17H2,1-4H3,(H,36,41). The molecule has 1 unspecified atom stereocenters. The second-order valence-corrected chi connectivity index (χ2v) is 13.0. The Balaban J connectivity index is 1.24. The quantitative estimate of drug-likeness (QED) is 0.381. The molecule has 1 fully saturated rings. The molecule has 43 heavy (non-hydrogen) atoms. The van der Waals surface area contributed by atoms with Gasteiger partial charge < -0.3 is 24.8 Å². The molecule has 1 atom stereocenters. The number of anilines is 1. The highest BCUT2D eigenvalue weighted by molar-refractivity contribution is 6.35. The van der Waals surface area contributed by atoms with Crippen LogP contribution in [-0.2, 0) is 22.5 Å². The molecule has 2 amide bonds. The molecular weight excluding hydrogens is 596 g/mol. The third-order valence-corrected chi connectivity index (χ3v) is 8.37. The predicted octanol–water partition coefficient (Wildman–Crippen LogP) is 5.58. The highest BCUT2D eigenvalue weighted by atomic mass is 35.5. The van der Waals surface area contributed by atoms with Crippen molar-refractivity contribution in [3.63, 3.8) is 0 Å². The number of piperazine rings is 1. The summed E-state index contributed by atoms with van der Waals surface area (Å²) in [6.07, 6.45) is 0.289. The molecule has 230 valence electrons. The van der Waals surface area contributed by atoms with Gasteiger partial charge in [-0.25, -0.2) is 9.18 Å². The maximum atomic E-state index is 15.0. The lowest BCUT2D eigenvalue weighted by molar-refractivity contribution is -0.131. The van der Waals surface area contributed by atoms with Gasteiger partial charge in [0, 0.05) is 55.0 Å². The average molecular weight is 633 g/mol.